The summed E-state index contributed by atoms with van der Waals surface area (Å²) in [7, 11) is 0. The molecule has 1 nitrogen and oxygen atoms in total. The van der Waals surface area contributed by atoms with Gasteiger partial charge in [0.2, 0.25) is 0 Å². The van der Waals surface area contributed by atoms with Crippen LogP contribution in [0.2, 0.25) is 0 Å². The molecule has 0 aromatic rings. The van der Waals surface area contributed by atoms with Crippen LogP contribution in [-0.2, 0) is 0 Å². The van der Waals surface area contributed by atoms with Crippen LogP contribution in [0.4, 0.5) is 0 Å². The van der Waals surface area contributed by atoms with Crippen molar-refractivity contribution in [1.29, 1.82) is 0 Å². The Morgan fingerprint density at radius 2 is 2.25 bits per heavy atom. The van der Waals surface area contributed by atoms with Crippen LogP contribution in [0, 0.1) is 17.8 Å². The molecule has 0 heterocycles. The zero-order chi connectivity index (χ0) is 8.55. The van der Waals surface area contributed by atoms with E-state index in [-0.39, 0.29) is 6.10 Å². The van der Waals surface area contributed by atoms with E-state index in [2.05, 4.69) is 19.1 Å². The Hall–Kier alpha value is -0.300. The molecule has 2 aliphatic carbocycles. The van der Waals surface area contributed by atoms with Gasteiger partial charge in [-0.2, -0.15) is 0 Å². The minimum atomic E-state index is -0.0353. The van der Waals surface area contributed by atoms with Crippen molar-refractivity contribution in [2.45, 2.75) is 38.7 Å². The van der Waals surface area contributed by atoms with Crippen molar-refractivity contribution in [1.82, 2.24) is 0 Å². The van der Waals surface area contributed by atoms with Crippen molar-refractivity contribution in [3.05, 3.63) is 12.2 Å². The SMILES string of the molecule is CCCCC1CC2C=CC1C2O. The molecule has 0 radical (unpaired) electrons. The molecule has 1 saturated carbocycles. The average Bonchev–Trinajstić information content (AvgIpc) is 2.58. The Bertz CT molecular complexity index is 185. The van der Waals surface area contributed by atoms with E-state index in [1.54, 1.807) is 0 Å². The topological polar surface area (TPSA) is 20.2 Å². The number of aliphatic hydroxyl groups is 1. The number of fused-ring (bicyclic) bond motifs is 2. The zero-order valence-corrected chi connectivity index (χ0v) is 7.74. The van der Waals surface area contributed by atoms with Crippen LogP contribution >= 0.6 is 0 Å². The molecule has 0 aliphatic heterocycles. The first-order chi connectivity index (χ1) is 5.83. The maximum atomic E-state index is 9.74. The minimum absolute atomic E-state index is 0.0353. The van der Waals surface area contributed by atoms with E-state index in [1.807, 2.05) is 0 Å². The first-order valence-electron chi connectivity index (χ1n) is 5.19. The van der Waals surface area contributed by atoms with E-state index in [9.17, 15) is 5.11 Å². The van der Waals surface area contributed by atoms with Gasteiger partial charge in [-0.05, 0) is 18.8 Å². The molecule has 1 fully saturated rings. The van der Waals surface area contributed by atoms with Crippen LogP contribution in [0.15, 0.2) is 12.2 Å². The second-order valence-electron chi connectivity index (χ2n) is 4.25. The molecule has 2 aliphatic rings. The molecule has 12 heavy (non-hydrogen) atoms. The lowest BCUT2D eigenvalue weighted by molar-refractivity contribution is 0.129. The molecule has 4 unspecified atom stereocenters. The minimum Gasteiger partial charge on any atom is -0.392 e. The third-order valence-corrected chi connectivity index (χ3v) is 3.46. The molecule has 2 bridgehead atoms. The van der Waals surface area contributed by atoms with E-state index in [0.29, 0.717) is 11.8 Å². The Kier molecular flexibility index (Phi) is 2.22. The number of hydrogen-bond acceptors (Lipinski definition) is 1. The highest BCUT2D eigenvalue weighted by atomic mass is 16.3. The number of rotatable bonds is 3. The fourth-order valence-electron chi connectivity index (χ4n) is 2.72. The van der Waals surface area contributed by atoms with Crippen LogP contribution in [0.3, 0.4) is 0 Å². The molecular formula is C11H18O. The second kappa shape index (κ2) is 3.21. The maximum absolute atomic E-state index is 9.74. The van der Waals surface area contributed by atoms with E-state index in [4.69, 9.17) is 0 Å². The van der Waals surface area contributed by atoms with Gasteiger partial charge in [-0.25, -0.2) is 0 Å². The van der Waals surface area contributed by atoms with Crippen LogP contribution in [0.25, 0.3) is 0 Å². The highest BCUT2D eigenvalue weighted by Gasteiger charge is 2.42. The number of aliphatic hydroxyl groups excluding tert-OH is 1. The standard InChI is InChI=1S/C11H18O/c1-2-3-4-8-7-9-5-6-10(8)11(9)12/h5-6,8-12H,2-4,7H2,1H3. The smallest absolute Gasteiger partial charge is 0.0668 e. The van der Waals surface area contributed by atoms with Gasteiger partial charge in [-0.15, -0.1) is 0 Å². The molecule has 0 aromatic heterocycles. The Labute approximate surface area is 74.5 Å². The normalized spacial score (nSPS) is 44.2. The summed E-state index contributed by atoms with van der Waals surface area (Å²) in [5, 5.41) is 9.74. The van der Waals surface area contributed by atoms with Crippen molar-refractivity contribution in [3.8, 4) is 0 Å². The lowest BCUT2D eigenvalue weighted by Crippen LogP contribution is -2.15. The fraction of sp³-hybridized carbons (Fsp3) is 0.818. The summed E-state index contributed by atoms with van der Waals surface area (Å²) < 4.78 is 0. The van der Waals surface area contributed by atoms with E-state index in [1.165, 1.54) is 25.7 Å². The highest BCUT2D eigenvalue weighted by Crippen LogP contribution is 2.45. The van der Waals surface area contributed by atoms with Gasteiger partial charge >= 0.3 is 0 Å². The summed E-state index contributed by atoms with van der Waals surface area (Å²) in [6.07, 6.45) is 9.58. The van der Waals surface area contributed by atoms with Crippen LogP contribution in [0.5, 0.6) is 0 Å². The monoisotopic (exact) mass is 166 g/mol. The fourth-order valence-corrected chi connectivity index (χ4v) is 2.72. The van der Waals surface area contributed by atoms with Gasteiger partial charge in [0.1, 0.15) is 0 Å². The molecule has 0 amide bonds. The molecule has 0 saturated heterocycles. The molecule has 2 rings (SSSR count). The summed E-state index contributed by atoms with van der Waals surface area (Å²) in [5.74, 6) is 1.79. The lowest BCUT2D eigenvalue weighted by atomic mass is 9.89. The van der Waals surface area contributed by atoms with E-state index < -0.39 is 0 Å². The van der Waals surface area contributed by atoms with Gasteiger partial charge in [0, 0.05) is 11.8 Å². The largest absolute Gasteiger partial charge is 0.392 e. The Morgan fingerprint density at radius 3 is 2.75 bits per heavy atom. The zero-order valence-electron chi connectivity index (χ0n) is 7.74. The van der Waals surface area contributed by atoms with Crippen molar-refractivity contribution >= 4 is 0 Å². The number of unbranched alkanes of at least 4 members (excludes halogenated alkanes) is 1. The summed E-state index contributed by atoms with van der Waals surface area (Å²) in [5.41, 5.74) is 0. The van der Waals surface area contributed by atoms with Gasteiger partial charge in [0.25, 0.3) is 0 Å². The summed E-state index contributed by atoms with van der Waals surface area (Å²) in [6.45, 7) is 2.24. The van der Waals surface area contributed by atoms with Crippen molar-refractivity contribution in [2.75, 3.05) is 0 Å². The molecule has 68 valence electrons. The van der Waals surface area contributed by atoms with Crippen molar-refractivity contribution < 1.29 is 5.11 Å². The highest BCUT2D eigenvalue weighted by molar-refractivity contribution is 5.14. The van der Waals surface area contributed by atoms with E-state index in [0.717, 1.165) is 5.92 Å². The van der Waals surface area contributed by atoms with E-state index >= 15 is 0 Å². The average molecular weight is 166 g/mol. The molecular weight excluding hydrogens is 148 g/mol. The van der Waals surface area contributed by atoms with Crippen molar-refractivity contribution in [3.63, 3.8) is 0 Å². The molecule has 0 aromatic carbocycles. The third-order valence-electron chi connectivity index (χ3n) is 3.46. The predicted octanol–water partition coefficient (Wildman–Crippen LogP) is 2.36. The molecule has 4 atom stereocenters. The predicted molar refractivity (Wildman–Crippen MR) is 49.8 cm³/mol. The first kappa shape index (κ1) is 8.31. The van der Waals surface area contributed by atoms with Crippen LogP contribution < -0.4 is 0 Å². The third kappa shape index (κ3) is 1.20. The number of hydrogen-bond donors (Lipinski definition) is 1. The lowest BCUT2D eigenvalue weighted by Gasteiger charge is -2.17. The molecule has 0 spiro atoms. The second-order valence-corrected chi connectivity index (χ2v) is 4.25. The van der Waals surface area contributed by atoms with Crippen LogP contribution in [0.1, 0.15) is 32.6 Å². The van der Waals surface area contributed by atoms with Gasteiger partial charge in [-0.1, -0.05) is 31.9 Å². The summed E-state index contributed by atoms with van der Waals surface area (Å²) in [4.78, 5) is 0. The Morgan fingerprint density at radius 1 is 1.42 bits per heavy atom. The first-order valence-corrected chi connectivity index (χ1v) is 5.19. The quantitative estimate of drug-likeness (QED) is 0.638. The van der Waals surface area contributed by atoms with Gasteiger partial charge in [0.15, 0.2) is 0 Å². The summed E-state index contributed by atoms with van der Waals surface area (Å²) >= 11 is 0. The Balaban J connectivity index is 1.91. The van der Waals surface area contributed by atoms with Gasteiger partial charge < -0.3 is 5.11 Å². The summed E-state index contributed by atoms with van der Waals surface area (Å²) in [6, 6.07) is 0. The van der Waals surface area contributed by atoms with Crippen molar-refractivity contribution in [2.24, 2.45) is 17.8 Å². The maximum Gasteiger partial charge on any atom is 0.0668 e. The van der Waals surface area contributed by atoms with Gasteiger partial charge in [-0.3, -0.25) is 0 Å². The van der Waals surface area contributed by atoms with Gasteiger partial charge in [0.05, 0.1) is 6.10 Å². The molecule has 1 heteroatoms. The van der Waals surface area contributed by atoms with Crippen LogP contribution in [-0.4, -0.2) is 11.2 Å². The molecule has 1 N–H and O–H groups in total.